The second-order valence-corrected chi connectivity index (χ2v) is 10.8. The summed E-state index contributed by atoms with van der Waals surface area (Å²) < 4.78 is 43.9. The minimum atomic E-state index is -3.62. The number of likely N-dealkylation sites (N-methyl/N-ethyl adjacent to an activating group) is 1. The maximum atomic E-state index is 13.5. The van der Waals surface area contributed by atoms with E-state index in [4.69, 9.17) is 4.74 Å². The third-order valence-electron chi connectivity index (χ3n) is 5.99. The molecule has 2 aromatic rings. The number of nitrogens with one attached hydrogen (secondary N) is 1. The van der Waals surface area contributed by atoms with Gasteiger partial charge in [0.15, 0.2) is 0 Å². The van der Waals surface area contributed by atoms with Crippen molar-refractivity contribution in [3.63, 3.8) is 0 Å². The summed E-state index contributed by atoms with van der Waals surface area (Å²) in [6.07, 6.45) is 2.95. The number of carbonyl (C=O) groups excluding carboxylic acids is 2. The number of hydrogen-bond donors (Lipinski definition) is 1. The Morgan fingerprint density at radius 2 is 1.80 bits per heavy atom. The predicted octanol–water partition coefficient (Wildman–Crippen LogP) is 1.95. The zero-order valence-electron chi connectivity index (χ0n) is 20.0. The van der Waals surface area contributed by atoms with Crippen molar-refractivity contribution < 1.29 is 27.1 Å². The molecule has 190 valence electrons. The van der Waals surface area contributed by atoms with E-state index < -0.39 is 34.3 Å². The fourth-order valence-electron chi connectivity index (χ4n) is 3.88. The highest BCUT2D eigenvalue weighted by atomic mass is 32.2. The molecule has 0 aliphatic carbocycles. The van der Waals surface area contributed by atoms with E-state index >= 15 is 0 Å². The molecule has 0 saturated carbocycles. The molecule has 10 heteroatoms. The molecule has 1 aliphatic rings. The van der Waals surface area contributed by atoms with Crippen LogP contribution in [-0.2, 0) is 37.3 Å². The fraction of sp³-hybridized carbons (Fsp3) is 0.440. The van der Waals surface area contributed by atoms with Gasteiger partial charge in [-0.3, -0.25) is 9.59 Å². The molecule has 0 aromatic heterocycles. The predicted molar refractivity (Wildman–Crippen MR) is 130 cm³/mol. The number of halogens is 1. The van der Waals surface area contributed by atoms with Crippen molar-refractivity contribution in [3.8, 4) is 0 Å². The highest BCUT2D eigenvalue weighted by Crippen LogP contribution is 2.17. The molecule has 0 unspecified atom stereocenters. The average molecular weight is 506 g/mol. The first-order chi connectivity index (χ1) is 16.6. The van der Waals surface area contributed by atoms with Gasteiger partial charge in [-0.25, -0.2) is 12.8 Å². The van der Waals surface area contributed by atoms with Crippen LogP contribution >= 0.6 is 0 Å². The Balaban J connectivity index is 1.90. The third kappa shape index (κ3) is 8.12. The Kier molecular flexibility index (Phi) is 9.36. The number of sulfonamides is 1. The molecule has 1 N–H and O–H groups in total. The van der Waals surface area contributed by atoms with Gasteiger partial charge in [0, 0.05) is 33.2 Å². The van der Waals surface area contributed by atoms with Crippen LogP contribution < -0.4 is 5.32 Å². The van der Waals surface area contributed by atoms with Crippen LogP contribution in [-0.4, -0.2) is 74.6 Å². The van der Waals surface area contributed by atoms with E-state index in [0.717, 1.165) is 29.0 Å². The lowest BCUT2D eigenvalue weighted by molar-refractivity contribution is -0.141. The van der Waals surface area contributed by atoms with Crippen molar-refractivity contribution in [1.82, 2.24) is 14.5 Å². The molecule has 2 atom stereocenters. The molecule has 0 spiro atoms. The summed E-state index contributed by atoms with van der Waals surface area (Å²) in [7, 11) is -2.30. The van der Waals surface area contributed by atoms with Gasteiger partial charge in [0.25, 0.3) is 0 Å². The summed E-state index contributed by atoms with van der Waals surface area (Å²) >= 11 is 0. The minimum Gasteiger partial charge on any atom is -0.376 e. The van der Waals surface area contributed by atoms with Crippen molar-refractivity contribution in [2.45, 2.75) is 38.0 Å². The normalized spacial score (nSPS) is 16.7. The van der Waals surface area contributed by atoms with E-state index in [2.05, 4.69) is 5.32 Å². The summed E-state index contributed by atoms with van der Waals surface area (Å²) in [5.74, 6) is -1.31. The molecule has 0 radical (unpaired) electrons. The molecule has 2 aromatic carbocycles. The first-order valence-corrected chi connectivity index (χ1v) is 13.4. The van der Waals surface area contributed by atoms with E-state index in [1.807, 2.05) is 30.3 Å². The van der Waals surface area contributed by atoms with Gasteiger partial charge in [0.05, 0.1) is 18.9 Å². The summed E-state index contributed by atoms with van der Waals surface area (Å²) in [6.45, 7) is 0.568. The number of ether oxygens (including phenoxy) is 1. The van der Waals surface area contributed by atoms with Crippen LogP contribution in [0, 0.1) is 5.82 Å². The van der Waals surface area contributed by atoms with Crippen LogP contribution in [0.1, 0.15) is 24.0 Å². The second kappa shape index (κ2) is 12.2. The molecule has 35 heavy (non-hydrogen) atoms. The lowest BCUT2D eigenvalue weighted by atomic mass is 10.0. The smallest absolute Gasteiger partial charge is 0.243 e. The van der Waals surface area contributed by atoms with Crippen LogP contribution in [0.4, 0.5) is 4.39 Å². The maximum absolute atomic E-state index is 13.5. The first kappa shape index (κ1) is 26.8. The van der Waals surface area contributed by atoms with Crippen LogP contribution in [0.25, 0.3) is 0 Å². The molecule has 8 nitrogen and oxygen atoms in total. The topological polar surface area (TPSA) is 96.0 Å². The van der Waals surface area contributed by atoms with Crippen molar-refractivity contribution in [2.24, 2.45) is 0 Å². The monoisotopic (exact) mass is 505 g/mol. The first-order valence-electron chi connectivity index (χ1n) is 11.5. The van der Waals surface area contributed by atoms with E-state index in [1.54, 1.807) is 12.1 Å². The van der Waals surface area contributed by atoms with Crippen molar-refractivity contribution in [2.75, 3.05) is 33.0 Å². The number of rotatable bonds is 11. The fourth-order valence-corrected chi connectivity index (χ4v) is 4.22. The van der Waals surface area contributed by atoms with E-state index in [0.29, 0.717) is 18.7 Å². The molecule has 1 heterocycles. The van der Waals surface area contributed by atoms with E-state index in [-0.39, 0.29) is 25.0 Å². The number of nitrogens with zero attached hydrogens (tertiary/aromatic N) is 2. The van der Waals surface area contributed by atoms with Gasteiger partial charge in [0.1, 0.15) is 11.9 Å². The number of carbonyl (C=O) groups is 2. The van der Waals surface area contributed by atoms with Gasteiger partial charge in [-0.05, 0) is 36.1 Å². The van der Waals surface area contributed by atoms with Crippen molar-refractivity contribution in [1.29, 1.82) is 0 Å². The largest absolute Gasteiger partial charge is 0.376 e. The molecule has 0 bridgehead atoms. The van der Waals surface area contributed by atoms with Gasteiger partial charge in [-0.1, -0.05) is 42.5 Å². The van der Waals surface area contributed by atoms with E-state index in [1.165, 1.54) is 24.1 Å². The molecule has 1 fully saturated rings. The molecular formula is C25H32FN3O5S. The number of hydrogen-bond acceptors (Lipinski definition) is 5. The summed E-state index contributed by atoms with van der Waals surface area (Å²) in [4.78, 5) is 28.2. The average Bonchev–Trinajstić information content (AvgIpc) is 3.34. The van der Waals surface area contributed by atoms with Gasteiger partial charge < -0.3 is 15.0 Å². The Morgan fingerprint density at radius 1 is 1.11 bits per heavy atom. The van der Waals surface area contributed by atoms with Crippen molar-refractivity contribution in [3.05, 3.63) is 71.5 Å². The van der Waals surface area contributed by atoms with Crippen LogP contribution in [0.2, 0.25) is 0 Å². The third-order valence-corrected chi connectivity index (χ3v) is 7.25. The lowest BCUT2D eigenvalue weighted by Gasteiger charge is -2.32. The SMILES string of the molecule is CN(CC(=O)N(Cc1ccc(F)cc1)[C@H](Cc1ccccc1)C(=O)NC[C@@H]1CCCO1)S(C)(=O)=O. The number of amides is 2. The number of benzene rings is 2. The zero-order valence-corrected chi connectivity index (χ0v) is 20.8. The summed E-state index contributed by atoms with van der Waals surface area (Å²) in [5.41, 5.74) is 1.46. The Bertz CT molecular complexity index is 1090. The summed E-state index contributed by atoms with van der Waals surface area (Å²) in [6, 6.07) is 14.0. The quantitative estimate of drug-likeness (QED) is 0.504. The van der Waals surface area contributed by atoms with Crippen LogP contribution in [0.5, 0.6) is 0 Å². The molecule has 2 amide bonds. The van der Waals surface area contributed by atoms with Crippen LogP contribution in [0.15, 0.2) is 54.6 Å². The zero-order chi connectivity index (χ0) is 25.4. The highest BCUT2D eigenvalue weighted by molar-refractivity contribution is 7.88. The summed E-state index contributed by atoms with van der Waals surface area (Å²) in [5, 5.41) is 2.91. The van der Waals surface area contributed by atoms with Gasteiger partial charge >= 0.3 is 0 Å². The maximum Gasteiger partial charge on any atom is 0.243 e. The minimum absolute atomic E-state index is 0.0154. The Labute approximate surface area is 206 Å². The van der Waals surface area contributed by atoms with Gasteiger partial charge in [0.2, 0.25) is 21.8 Å². The molecule has 1 aliphatic heterocycles. The molecule has 1 saturated heterocycles. The Hall–Kier alpha value is -2.82. The van der Waals surface area contributed by atoms with Gasteiger partial charge in [-0.15, -0.1) is 0 Å². The molecule has 3 rings (SSSR count). The highest BCUT2D eigenvalue weighted by Gasteiger charge is 2.32. The standard InChI is InChI=1S/C25H32FN3O5S/c1-28(35(2,32)33)18-24(30)29(17-20-10-12-21(26)13-11-20)23(15-19-7-4-3-5-8-19)25(31)27-16-22-9-6-14-34-22/h3-5,7-8,10-13,22-23H,6,9,14-18H2,1-2H3,(H,27,31)/t22-,23+/m0/s1. The molecular weight excluding hydrogens is 473 g/mol. The van der Waals surface area contributed by atoms with Gasteiger partial charge in [-0.2, -0.15) is 4.31 Å². The van der Waals surface area contributed by atoms with E-state index in [9.17, 15) is 22.4 Å². The van der Waals surface area contributed by atoms with Crippen LogP contribution in [0.3, 0.4) is 0 Å². The lowest BCUT2D eigenvalue weighted by Crippen LogP contribution is -2.53. The van der Waals surface area contributed by atoms with Crippen molar-refractivity contribution >= 4 is 21.8 Å². The second-order valence-electron chi connectivity index (χ2n) is 8.75. The Morgan fingerprint density at radius 3 is 2.40 bits per heavy atom.